The summed E-state index contributed by atoms with van der Waals surface area (Å²) in [5.74, 6) is 0.554. The van der Waals surface area contributed by atoms with Gasteiger partial charge in [0, 0.05) is 13.1 Å². The number of nitrogens with zero attached hydrogens (tertiary/aromatic N) is 1. The number of nitrogens with one attached hydrogen (secondary N) is 1. The van der Waals surface area contributed by atoms with Gasteiger partial charge in [0.15, 0.2) is 5.96 Å². The van der Waals surface area contributed by atoms with Crippen LogP contribution in [0.15, 0.2) is 23.2 Å². The Morgan fingerprint density at radius 1 is 1.29 bits per heavy atom. The van der Waals surface area contributed by atoms with Crippen molar-refractivity contribution in [3.63, 3.8) is 0 Å². The molecule has 0 radical (unpaired) electrons. The SMILES string of the molecule is CCCN=C(N)NCCc1c(C)cccc1C. The zero-order chi connectivity index (χ0) is 12.7. The molecule has 17 heavy (non-hydrogen) atoms. The van der Waals surface area contributed by atoms with Gasteiger partial charge in [0.1, 0.15) is 0 Å². The third kappa shape index (κ3) is 4.47. The molecule has 3 heteroatoms. The van der Waals surface area contributed by atoms with E-state index >= 15 is 0 Å². The van der Waals surface area contributed by atoms with Gasteiger partial charge in [-0.05, 0) is 43.4 Å². The molecule has 3 nitrogen and oxygen atoms in total. The lowest BCUT2D eigenvalue weighted by molar-refractivity contribution is 0.832. The zero-order valence-electron chi connectivity index (χ0n) is 11.1. The lowest BCUT2D eigenvalue weighted by atomic mass is 10.0. The highest BCUT2D eigenvalue weighted by Gasteiger charge is 2.01. The first-order valence-corrected chi connectivity index (χ1v) is 6.24. The molecule has 0 fully saturated rings. The number of rotatable bonds is 5. The van der Waals surface area contributed by atoms with E-state index in [1.165, 1.54) is 16.7 Å². The van der Waals surface area contributed by atoms with Crippen LogP contribution in [-0.2, 0) is 6.42 Å². The number of benzene rings is 1. The quantitative estimate of drug-likeness (QED) is 0.605. The van der Waals surface area contributed by atoms with E-state index in [1.807, 2.05) is 0 Å². The van der Waals surface area contributed by atoms with Gasteiger partial charge in [0.05, 0.1) is 0 Å². The Morgan fingerprint density at radius 3 is 2.53 bits per heavy atom. The summed E-state index contributed by atoms with van der Waals surface area (Å²) in [6, 6.07) is 6.40. The first-order valence-electron chi connectivity index (χ1n) is 6.24. The van der Waals surface area contributed by atoms with E-state index in [4.69, 9.17) is 5.73 Å². The first-order chi connectivity index (χ1) is 8.15. The second-order valence-corrected chi connectivity index (χ2v) is 4.31. The van der Waals surface area contributed by atoms with Gasteiger partial charge in [-0.3, -0.25) is 4.99 Å². The second-order valence-electron chi connectivity index (χ2n) is 4.31. The molecule has 0 aliphatic rings. The molecular weight excluding hydrogens is 210 g/mol. The number of guanidine groups is 1. The molecule has 0 saturated heterocycles. The largest absolute Gasteiger partial charge is 0.370 e. The van der Waals surface area contributed by atoms with Crippen molar-refractivity contribution >= 4 is 5.96 Å². The van der Waals surface area contributed by atoms with E-state index < -0.39 is 0 Å². The van der Waals surface area contributed by atoms with Gasteiger partial charge in [-0.1, -0.05) is 25.1 Å². The Bertz CT molecular complexity index is 363. The average Bonchev–Trinajstić information content (AvgIpc) is 2.30. The van der Waals surface area contributed by atoms with Crippen LogP contribution in [0.1, 0.15) is 30.0 Å². The molecule has 3 N–H and O–H groups in total. The lowest BCUT2D eigenvalue weighted by Gasteiger charge is -2.10. The van der Waals surface area contributed by atoms with E-state index in [9.17, 15) is 0 Å². The van der Waals surface area contributed by atoms with E-state index in [0.29, 0.717) is 5.96 Å². The van der Waals surface area contributed by atoms with Gasteiger partial charge in [0.2, 0.25) is 0 Å². The Hall–Kier alpha value is -1.51. The lowest BCUT2D eigenvalue weighted by Crippen LogP contribution is -2.33. The Kier molecular flexibility index (Phi) is 5.53. The van der Waals surface area contributed by atoms with Crippen molar-refractivity contribution in [2.75, 3.05) is 13.1 Å². The number of nitrogens with two attached hydrogens (primary N) is 1. The molecule has 0 unspecified atom stereocenters. The van der Waals surface area contributed by atoms with E-state index in [0.717, 1.165) is 25.9 Å². The van der Waals surface area contributed by atoms with Crippen molar-refractivity contribution in [3.8, 4) is 0 Å². The molecule has 1 rings (SSSR count). The van der Waals surface area contributed by atoms with E-state index in [2.05, 4.69) is 49.3 Å². The van der Waals surface area contributed by atoms with Gasteiger partial charge in [-0.2, -0.15) is 0 Å². The van der Waals surface area contributed by atoms with Gasteiger partial charge >= 0.3 is 0 Å². The number of aryl methyl sites for hydroxylation is 2. The van der Waals surface area contributed by atoms with Crippen LogP contribution in [0.3, 0.4) is 0 Å². The molecule has 0 aromatic heterocycles. The molecule has 0 atom stereocenters. The summed E-state index contributed by atoms with van der Waals surface area (Å²) < 4.78 is 0. The predicted octanol–water partition coefficient (Wildman–Crippen LogP) is 2.16. The van der Waals surface area contributed by atoms with Crippen LogP contribution in [0, 0.1) is 13.8 Å². The van der Waals surface area contributed by atoms with Crippen LogP contribution < -0.4 is 11.1 Å². The monoisotopic (exact) mass is 233 g/mol. The van der Waals surface area contributed by atoms with Crippen LogP contribution in [0.4, 0.5) is 0 Å². The van der Waals surface area contributed by atoms with Crippen molar-refractivity contribution in [1.82, 2.24) is 5.32 Å². The molecular formula is C14H23N3. The third-order valence-corrected chi connectivity index (χ3v) is 2.83. The average molecular weight is 233 g/mol. The fraction of sp³-hybridized carbons (Fsp3) is 0.500. The summed E-state index contributed by atoms with van der Waals surface area (Å²) in [6.45, 7) is 8.02. The third-order valence-electron chi connectivity index (χ3n) is 2.83. The van der Waals surface area contributed by atoms with Gasteiger partial charge < -0.3 is 11.1 Å². The van der Waals surface area contributed by atoms with Crippen molar-refractivity contribution in [2.45, 2.75) is 33.6 Å². The zero-order valence-corrected chi connectivity index (χ0v) is 11.1. The van der Waals surface area contributed by atoms with Crippen molar-refractivity contribution < 1.29 is 0 Å². The van der Waals surface area contributed by atoms with E-state index in [1.54, 1.807) is 0 Å². The van der Waals surface area contributed by atoms with Gasteiger partial charge in [-0.15, -0.1) is 0 Å². The van der Waals surface area contributed by atoms with Crippen LogP contribution >= 0.6 is 0 Å². The summed E-state index contributed by atoms with van der Waals surface area (Å²) in [6.07, 6.45) is 2.01. The molecule has 0 spiro atoms. The molecule has 94 valence electrons. The maximum Gasteiger partial charge on any atom is 0.188 e. The highest BCUT2D eigenvalue weighted by molar-refractivity contribution is 5.77. The molecule has 1 aromatic rings. The molecule has 0 amide bonds. The number of hydrogen-bond acceptors (Lipinski definition) is 1. The summed E-state index contributed by atoms with van der Waals surface area (Å²) >= 11 is 0. The van der Waals surface area contributed by atoms with Crippen LogP contribution in [0.25, 0.3) is 0 Å². The fourth-order valence-electron chi connectivity index (χ4n) is 1.85. The Morgan fingerprint density at radius 2 is 1.94 bits per heavy atom. The van der Waals surface area contributed by atoms with Crippen LogP contribution in [0.2, 0.25) is 0 Å². The van der Waals surface area contributed by atoms with Crippen LogP contribution in [0.5, 0.6) is 0 Å². The topological polar surface area (TPSA) is 50.4 Å². The number of aliphatic imine (C=N–C) groups is 1. The standard InChI is InChI=1S/C14H23N3/c1-4-9-16-14(15)17-10-8-13-11(2)6-5-7-12(13)3/h5-7H,4,8-10H2,1-3H3,(H3,15,16,17). The molecule has 1 aromatic carbocycles. The molecule has 0 saturated carbocycles. The van der Waals surface area contributed by atoms with Crippen molar-refractivity contribution in [2.24, 2.45) is 10.7 Å². The summed E-state index contributed by atoms with van der Waals surface area (Å²) in [5, 5.41) is 3.15. The summed E-state index contributed by atoms with van der Waals surface area (Å²) in [5.41, 5.74) is 9.83. The van der Waals surface area contributed by atoms with E-state index in [-0.39, 0.29) is 0 Å². The maximum atomic E-state index is 5.74. The maximum absolute atomic E-state index is 5.74. The van der Waals surface area contributed by atoms with Crippen molar-refractivity contribution in [3.05, 3.63) is 34.9 Å². The minimum Gasteiger partial charge on any atom is -0.370 e. The molecule has 0 aliphatic carbocycles. The smallest absolute Gasteiger partial charge is 0.188 e. The first kappa shape index (κ1) is 13.6. The highest BCUT2D eigenvalue weighted by Crippen LogP contribution is 2.13. The minimum absolute atomic E-state index is 0.554. The van der Waals surface area contributed by atoms with Gasteiger partial charge in [0.25, 0.3) is 0 Å². The fourth-order valence-corrected chi connectivity index (χ4v) is 1.85. The second kappa shape index (κ2) is 6.94. The highest BCUT2D eigenvalue weighted by atomic mass is 15.1. The molecule has 0 aliphatic heterocycles. The Labute approximate surface area is 104 Å². The Balaban J connectivity index is 2.46. The number of hydrogen-bond donors (Lipinski definition) is 2. The molecule has 0 heterocycles. The van der Waals surface area contributed by atoms with Crippen LogP contribution in [-0.4, -0.2) is 19.0 Å². The molecule has 0 bridgehead atoms. The summed E-state index contributed by atoms with van der Waals surface area (Å²) in [4.78, 5) is 4.20. The normalized spacial score (nSPS) is 11.6. The van der Waals surface area contributed by atoms with Crippen molar-refractivity contribution in [1.29, 1.82) is 0 Å². The summed E-state index contributed by atoms with van der Waals surface area (Å²) in [7, 11) is 0. The predicted molar refractivity (Wildman–Crippen MR) is 74.4 cm³/mol. The minimum atomic E-state index is 0.554. The van der Waals surface area contributed by atoms with Gasteiger partial charge in [-0.25, -0.2) is 0 Å².